The van der Waals surface area contributed by atoms with Gasteiger partial charge in [-0.25, -0.2) is 0 Å². The third kappa shape index (κ3) is 4.17. The Bertz CT molecular complexity index is 948. The number of carbonyl (C=O) groups excluding carboxylic acids is 2. The topological polar surface area (TPSA) is 76.1 Å². The predicted molar refractivity (Wildman–Crippen MR) is 115 cm³/mol. The number of Topliss-reactive ketones (excluding diaryl/α,β-unsaturated/α-hetero) is 1. The molecule has 1 amide bonds. The molecule has 0 aliphatic carbocycles. The highest BCUT2D eigenvalue weighted by Gasteiger charge is 2.45. The van der Waals surface area contributed by atoms with Crippen LogP contribution in [-0.4, -0.2) is 42.0 Å². The first-order chi connectivity index (χ1) is 14.5. The fourth-order valence-corrected chi connectivity index (χ4v) is 3.63. The number of methoxy groups -OCH3 is 1. The zero-order valence-electron chi connectivity index (χ0n) is 17.6. The highest BCUT2D eigenvalue weighted by molar-refractivity contribution is 6.46. The summed E-state index contributed by atoms with van der Waals surface area (Å²) in [6.45, 7) is 4.82. The van der Waals surface area contributed by atoms with Gasteiger partial charge in [0.25, 0.3) is 11.7 Å². The molecule has 0 saturated carbocycles. The number of aliphatic hydroxyl groups is 1. The van der Waals surface area contributed by atoms with Crippen LogP contribution in [0.1, 0.15) is 43.9 Å². The summed E-state index contributed by atoms with van der Waals surface area (Å²) in [5, 5.41) is 11.1. The van der Waals surface area contributed by atoms with Crippen molar-refractivity contribution in [2.45, 2.75) is 32.7 Å². The van der Waals surface area contributed by atoms with Crippen LogP contribution in [0.3, 0.4) is 0 Å². The lowest BCUT2D eigenvalue weighted by Gasteiger charge is -2.25. The van der Waals surface area contributed by atoms with Crippen LogP contribution in [0.25, 0.3) is 5.76 Å². The van der Waals surface area contributed by atoms with Crippen LogP contribution >= 0.6 is 0 Å². The molecule has 0 radical (unpaired) electrons. The molecule has 0 bridgehead atoms. The lowest BCUT2D eigenvalue weighted by atomic mass is 9.95. The second-order valence-electron chi connectivity index (χ2n) is 7.08. The average molecular weight is 409 g/mol. The zero-order valence-corrected chi connectivity index (χ0v) is 17.6. The van der Waals surface area contributed by atoms with Crippen molar-refractivity contribution < 1.29 is 24.2 Å². The molecule has 6 heteroatoms. The van der Waals surface area contributed by atoms with Crippen LogP contribution < -0.4 is 9.47 Å². The largest absolute Gasteiger partial charge is 0.507 e. The number of rotatable bonds is 8. The Labute approximate surface area is 176 Å². The fourth-order valence-electron chi connectivity index (χ4n) is 3.63. The Hall–Kier alpha value is -3.28. The van der Waals surface area contributed by atoms with Gasteiger partial charge >= 0.3 is 0 Å². The normalized spacial score (nSPS) is 18.0. The molecule has 1 heterocycles. The number of likely N-dealkylation sites (tertiary alicyclic amines) is 1. The molecule has 1 aliphatic rings. The molecule has 1 saturated heterocycles. The van der Waals surface area contributed by atoms with Gasteiger partial charge in [0.15, 0.2) is 0 Å². The van der Waals surface area contributed by atoms with Crippen molar-refractivity contribution in [2.24, 2.45) is 0 Å². The summed E-state index contributed by atoms with van der Waals surface area (Å²) in [7, 11) is 1.58. The van der Waals surface area contributed by atoms with E-state index < -0.39 is 17.7 Å². The Kier molecular flexibility index (Phi) is 6.77. The van der Waals surface area contributed by atoms with Gasteiger partial charge in [-0.1, -0.05) is 37.6 Å². The molecule has 0 aromatic heterocycles. The number of unbranched alkanes of at least 4 members (excludes halogenated alkanes) is 1. The van der Waals surface area contributed by atoms with Gasteiger partial charge in [-0.3, -0.25) is 9.59 Å². The van der Waals surface area contributed by atoms with Gasteiger partial charge in [0.05, 0.1) is 25.3 Å². The van der Waals surface area contributed by atoms with Crippen LogP contribution in [0.15, 0.2) is 54.1 Å². The number of hydrogen-bond acceptors (Lipinski definition) is 5. The lowest BCUT2D eigenvalue weighted by molar-refractivity contribution is -0.139. The number of nitrogens with zero attached hydrogens (tertiary/aromatic N) is 1. The Morgan fingerprint density at radius 2 is 1.80 bits per heavy atom. The summed E-state index contributed by atoms with van der Waals surface area (Å²) in [4.78, 5) is 27.3. The third-order valence-electron chi connectivity index (χ3n) is 5.14. The first kappa shape index (κ1) is 21.4. The van der Waals surface area contributed by atoms with Crippen LogP contribution in [0.5, 0.6) is 11.5 Å². The molecule has 1 unspecified atom stereocenters. The monoisotopic (exact) mass is 409 g/mol. The van der Waals surface area contributed by atoms with E-state index in [1.54, 1.807) is 48.4 Å². The molecular weight excluding hydrogens is 382 g/mol. The quantitative estimate of drug-likeness (QED) is 0.399. The summed E-state index contributed by atoms with van der Waals surface area (Å²) in [5.41, 5.74) is 1.27. The molecule has 1 fully saturated rings. The minimum Gasteiger partial charge on any atom is -0.507 e. The van der Waals surface area contributed by atoms with Gasteiger partial charge in [-0.05, 0) is 43.2 Å². The van der Waals surface area contributed by atoms with Crippen LogP contribution in [0.2, 0.25) is 0 Å². The molecule has 1 aliphatic heterocycles. The maximum absolute atomic E-state index is 12.9. The number of hydrogen-bond donors (Lipinski definition) is 1. The number of ether oxygens (including phenoxy) is 2. The fraction of sp³-hybridized carbons (Fsp3) is 0.333. The number of ketones is 1. The van der Waals surface area contributed by atoms with Crippen molar-refractivity contribution in [3.63, 3.8) is 0 Å². The molecule has 2 aromatic carbocycles. The third-order valence-corrected chi connectivity index (χ3v) is 5.14. The van der Waals surface area contributed by atoms with Crippen LogP contribution in [0.4, 0.5) is 0 Å². The van der Waals surface area contributed by atoms with Gasteiger partial charge in [0.2, 0.25) is 0 Å². The van der Waals surface area contributed by atoms with Gasteiger partial charge in [-0.15, -0.1) is 0 Å². The highest BCUT2D eigenvalue weighted by Crippen LogP contribution is 2.40. The smallest absolute Gasteiger partial charge is 0.295 e. The molecule has 158 valence electrons. The summed E-state index contributed by atoms with van der Waals surface area (Å²) in [6, 6.07) is 13.4. The molecule has 2 aromatic rings. The van der Waals surface area contributed by atoms with Crippen molar-refractivity contribution in [2.75, 3.05) is 20.3 Å². The van der Waals surface area contributed by atoms with Gasteiger partial charge in [0.1, 0.15) is 17.3 Å². The molecule has 3 rings (SSSR count). The van der Waals surface area contributed by atoms with Crippen LogP contribution in [-0.2, 0) is 9.59 Å². The highest BCUT2D eigenvalue weighted by atomic mass is 16.5. The number of carbonyl (C=O) groups is 2. The van der Waals surface area contributed by atoms with E-state index in [2.05, 4.69) is 0 Å². The van der Waals surface area contributed by atoms with Crippen molar-refractivity contribution in [1.82, 2.24) is 4.90 Å². The van der Waals surface area contributed by atoms with E-state index in [0.29, 0.717) is 30.2 Å². The van der Waals surface area contributed by atoms with Gasteiger partial charge in [-0.2, -0.15) is 0 Å². The maximum Gasteiger partial charge on any atom is 0.295 e. The Morgan fingerprint density at radius 3 is 2.43 bits per heavy atom. The first-order valence-corrected chi connectivity index (χ1v) is 10.2. The summed E-state index contributed by atoms with van der Waals surface area (Å²) >= 11 is 0. The molecule has 0 spiro atoms. The van der Waals surface area contributed by atoms with Crippen molar-refractivity contribution in [1.29, 1.82) is 0 Å². The second kappa shape index (κ2) is 9.48. The summed E-state index contributed by atoms with van der Waals surface area (Å²) in [5.74, 6) is -0.204. The molecule has 1 atom stereocenters. The average Bonchev–Trinajstić information content (AvgIpc) is 3.02. The van der Waals surface area contributed by atoms with E-state index in [9.17, 15) is 14.7 Å². The summed E-state index contributed by atoms with van der Waals surface area (Å²) in [6.07, 6.45) is 1.65. The first-order valence-electron chi connectivity index (χ1n) is 10.2. The minimum atomic E-state index is -0.675. The standard InChI is InChI=1S/C24H27NO5/c1-4-6-14-25-21(16-10-12-18(29-3)13-11-16)20(23(27)24(25)28)22(26)17-8-7-9-19(15-17)30-5-2/h7-13,15,21,26H,4-6,14H2,1-3H3/b22-20-. The van der Waals surface area contributed by atoms with Gasteiger partial charge < -0.3 is 19.5 Å². The number of aliphatic hydroxyl groups excluding tert-OH is 1. The molecule has 30 heavy (non-hydrogen) atoms. The minimum absolute atomic E-state index is 0.0925. The lowest BCUT2D eigenvalue weighted by Crippen LogP contribution is -2.30. The Balaban J connectivity index is 2.12. The number of amides is 1. The van der Waals surface area contributed by atoms with Crippen molar-refractivity contribution >= 4 is 17.4 Å². The van der Waals surface area contributed by atoms with E-state index in [1.807, 2.05) is 26.0 Å². The second-order valence-corrected chi connectivity index (χ2v) is 7.08. The van der Waals surface area contributed by atoms with Crippen LogP contribution in [0, 0.1) is 0 Å². The van der Waals surface area contributed by atoms with E-state index in [4.69, 9.17) is 9.47 Å². The SMILES string of the molecule is CCCCN1C(=O)C(=O)/C(=C(\O)c2cccc(OCC)c2)C1c1ccc(OC)cc1. The van der Waals surface area contributed by atoms with E-state index in [-0.39, 0.29) is 11.3 Å². The van der Waals surface area contributed by atoms with Gasteiger partial charge in [0, 0.05) is 12.1 Å². The van der Waals surface area contributed by atoms with E-state index in [1.165, 1.54) is 0 Å². The van der Waals surface area contributed by atoms with Crippen molar-refractivity contribution in [3.8, 4) is 11.5 Å². The zero-order chi connectivity index (χ0) is 21.7. The maximum atomic E-state index is 12.9. The molecule has 6 nitrogen and oxygen atoms in total. The van der Waals surface area contributed by atoms with E-state index >= 15 is 0 Å². The van der Waals surface area contributed by atoms with E-state index in [0.717, 1.165) is 18.4 Å². The molecular formula is C24H27NO5. The Morgan fingerprint density at radius 1 is 1.07 bits per heavy atom. The summed E-state index contributed by atoms with van der Waals surface area (Å²) < 4.78 is 10.7. The predicted octanol–water partition coefficient (Wildman–Crippen LogP) is 4.32. The van der Waals surface area contributed by atoms with Crippen molar-refractivity contribution in [3.05, 3.63) is 65.2 Å². The molecule has 1 N–H and O–H groups in total. The number of benzene rings is 2.